The molecule has 0 saturated heterocycles. The van der Waals surface area contributed by atoms with Crippen molar-refractivity contribution in [1.82, 2.24) is 9.97 Å². The number of carbonyl (C=O) groups excluding carboxylic acids is 2. The monoisotopic (exact) mass is 547 g/mol. The number of quaternary nitrogens is 1. The molecule has 0 unspecified atom stereocenters. The minimum Gasteiger partial charge on any atom is -0.471 e. The van der Waals surface area contributed by atoms with Crippen LogP contribution >= 0.6 is 11.3 Å². The van der Waals surface area contributed by atoms with Crippen LogP contribution in [0.5, 0.6) is 5.88 Å². The van der Waals surface area contributed by atoms with Crippen LogP contribution in [0.3, 0.4) is 0 Å². The lowest BCUT2D eigenvalue weighted by molar-refractivity contribution is -0.912. The first-order valence-corrected chi connectivity index (χ1v) is 13.9. The van der Waals surface area contributed by atoms with Crippen molar-refractivity contribution in [3.05, 3.63) is 76.9 Å². The highest BCUT2D eigenvalue weighted by atomic mass is 32.1. The zero-order chi connectivity index (χ0) is 28.0. The van der Waals surface area contributed by atoms with E-state index in [2.05, 4.69) is 24.0 Å². The van der Waals surface area contributed by atoms with Crippen LogP contribution < -0.4 is 10.5 Å². The summed E-state index contributed by atoms with van der Waals surface area (Å²) < 4.78 is 11.8. The lowest BCUT2D eigenvalue weighted by atomic mass is 9.95. The number of thiazole rings is 1. The molecular weight excluding hydrogens is 512 g/mol. The standard InChI is InChI=1S/C30H34N4O4S/c1-5-6-10-22-18-20-9-7-8-11-23(20)28(33-22)38-16-15-34(2,3)26(30(36)37-4)24-13-12-21(27(31)35)19-25(24)29-32-14-17-39-29/h7-9,11-14,17-19,26H,5-6,10,15-16H2,1-4H3,(H-,31,35)/p+1/t26-/m1/s1. The van der Waals surface area contributed by atoms with Gasteiger partial charge in [0.25, 0.3) is 0 Å². The van der Waals surface area contributed by atoms with Crippen LogP contribution in [-0.4, -0.2) is 60.7 Å². The first-order chi connectivity index (χ1) is 18.7. The Balaban J connectivity index is 1.64. The predicted molar refractivity (Wildman–Crippen MR) is 154 cm³/mol. The number of hydrogen-bond acceptors (Lipinski definition) is 7. The number of rotatable bonds is 12. The number of amides is 1. The Labute approximate surface area is 233 Å². The summed E-state index contributed by atoms with van der Waals surface area (Å²) in [6.45, 7) is 2.99. The van der Waals surface area contributed by atoms with Gasteiger partial charge in [0.15, 0.2) is 0 Å². The third-order valence-electron chi connectivity index (χ3n) is 6.87. The van der Waals surface area contributed by atoms with E-state index in [0.29, 0.717) is 40.7 Å². The average molecular weight is 548 g/mol. The number of aryl methyl sites for hydroxylation is 1. The molecule has 8 nitrogen and oxygen atoms in total. The van der Waals surface area contributed by atoms with E-state index in [1.807, 2.05) is 37.7 Å². The van der Waals surface area contributed by atoms with Gasteiger partial charge in [0, 0.05) is 39.3 Å². The second-order valence-electron chi connectivity index (χ2n) is 10.0. The number of likely N-dealkylation sites (N-methyl/N-ethyl adjacent to an activating group) is 1. The van der Waals surface area contributed by atoms with Gasteiger partial charge >= 0.3 is 5.97 Å². The molecule has 0 saturated carbocycles. The Hall–Kier alpha value is -3.82. The van der Waals surface area contributed by atoms with Crippen molar-refractivity contribution in [1.29, 1.82) is 0 Å². The predicted octanol–water partition coefficient (Wildman–Crippen LogP) is 5.17. The van der Waals surface area contributed by atoms with E-state index < -0.39 is 17.9 Å². The SMILES string of the molecule is CCCCc1cc2ccccc2c(OCC[N+](C)(C)[C@@H](C(=O)OC)c2ccc(C(N)=O)cc2-c2nccs2)n1. The number of hydrogen-bond donors (Lipinski definition) is 1. The summed E-state index contributed by atoms with van der Waals surface area (Å²) in [5.41, 5.74) is 8.30. The average Bonchev–Trinajstić information content (AvgIpc) is 3.46. The van der Waals surface area contributed by atoms with Crippen molar-refractivity contribution < 1.29 is 23.5 Å². The topological polar surface area (TPSA) is 104 Å². The molecule has 0 aliphatic heterocycles. The first kappa shape index (κ1) is 28.2. The van der Waals surface area contributed by atoms with Gasteiger partial charge in [0.1, 0.15) is 18.2 Å². The molecule has 1 atom stereocenters. The summed E-state index contributed by atoms with van der Waals surface area (Å²) in [5, 5.41) is 4.60. The first-order valence-electron chi connectivity index (χ1n) is 13.0. The van der Waals surface area contributed by atoms with Crippen molar-refractivity contribution in [2.24, 2.45) is 5.73 Å². The number of methoxy groups -OCH3 is 1. The molecule has 2 N–H and O–H groups in total. The van der Waals surface area contributed by atoms with Gasteiger partial charge in [-0.05, 0) is 42.5 Å². The summed E-state index contributed by atoms with van der Waals surface area (Å²) in [5.74, 6) is -0.338. The van der Waals surface area contributed by atoms with E-state index in [1.54, 1.807) is 24.4 Å². The van der Waals surface area contributed by atoms with E-state index >= 15 is 0 Å². The van der Waals surface area contributed by atoms with E-state index in [-0.39, 0.29) is 4.48 Å². The normalized spacial score (nSPS) is 12.3. The molecule has 1 amide bonds. The fraction of sp³-hybridized carbons (Fsp3) is 0.333. The van der Waals surface area contributed by atoms with Gasteiger partial charge in [-0.15, -0.1) is 11.3 Å². The zero-order valence-electron chi connectivity index (χ0n) is 22.8. The van der Waals surface area contributed by atoms with Gasteiger partial charge in [-0.3, -0.25) is 4.79 Å². The molecule has 0 bridgehead atoms. The summed E-state index contributed by atoms with van der Waals surface area (Å²) >= 11 is 1.43. The van der Waals surface area contributed by atoms with Crippen LogP contribution in [0.1, 0.15) is 47.4 Å². The molecule has 0 aliphatic rings. The molecule has 0 aliphatic carbocycles. The van der Waals surface area contributed by atoms with Crippen LogP contribution in [-0.2, 0) is 16.0 Å². The molecule has 39 heavy (non-hydrogen) atoms. The molecule has 204 valence electrons. The number of nitrogens with zero attached hydrogens (tertiary/aromatic N) is 3. The van der Waals surface area contributed by atoms with Crippen molar-refractivity contribution in [3.8, 4) is 16.5 Å². The van der Waals surface area contributed by atoms with Crippen molar-refractivity contribution >= 4 is 34.0 Å². The Kier molecular flexibility index (Phi) is 8.93. The quantitative estimate of drug-likeness (QED) is 0.194. The van der Waals surface area contributed by atoms with E-state index in [4.69, 9.17) is 20.2 Å². The van der Waals surface area contributed by atoms with Crippen LogP contribution in [0, 0.1) is 0 Å². The summed E-state index contributed by atoms with van der Waals surface area (Å²) in [7, 11) is 5.30. The highest BCUT2D eigenvalue weighted by Crippen LogP contribution is 2.36. The summed E-state index contributed by atoms with van der Waals surface area (Å²) in [6.07, 6.45) is 4.73. The Bertz CT molecular complexity index is 1450. The fourth-order valence-corrected chi connectivity index (χ4v) is 5.39. The number of aromatic nitrogens is 2. The van der Waals surface area contributed by atoms with Crippen LogP contribution in [0.2, 0.25) is 0 Å². The van der Waals surface area contributed by atoms with Gasteiger partial charge < -0.3 is 19.7 Å². The Morgan fingerprint density at radius 1 is 1.13 bits per heavy atom. The van der Waals surface area contributed by atoms with Gasteiger partial charge in [-0.2, -0.15) is 0 Å². The Morgan fingerprint density at radius 2 is 1.92 bits per heavy atom. The minimum atomic E-state index is -0.694. The van der Waals surface area contributed by atoms with Gasteiger partial charge in [0.05, 0.1) is 21.2 Å². The maximum absolute atomic E-state index is 13.3. The van der Waals surface area contributed by atoms with Gasteiger partial charge in [-0.25, -0.2) is 14.8 Å². The number of esters is 1. The molecule has 0 spiro atoms. The minimum absolute atomic E-state index is 0.244. The van der Waals surface area contributed by atoms with Gasteiger partial charge in [-0.1, -0.05) is 37.6 Å². The molecule has 0 radical (unpaired) electrons. The largest absolute Gasteiger partial charge is 0.471 e. The number of nitrogens with two attached hydrogens (primary N) is 1. The number of primary amides is 1. The maximum atomic E-state index is 13.3. The lowest BCUT2D eigenvalue weighted by Gasteiger charge is -2.37. The molecule has 2 heterocycles. The Morgan fingerprint density at radius 3 is 2.62 bits per heavy atom. The van der Waals surface area contributed by atoms with Crippen molar-refractivity contribution in [2.45, 2.75) is 32.2 Å². The molecule has 0 fully saturated rings. The molecule has 2 aromatic heterocycles. The summed E-state index contributed by atoms with van der Waals surface area (Å²) in [6, 6.07) is 14.6. The highest BCUT2D eigenvalue weighted by molar-refractivity contribution is 7.13. The van der Waals surface area contributed by atoms with E-state index in [0.717, 1.165) is 35.7 Å². The maximum Gasteiger partial charge on any atom is 0.369 e. The van der Waals surface area contributed by atoms with Crippen molar-refractivity contribution in [3.63, 3.8) is 0 Å². The molecule has 2 aromatic carbocycles. The van der Waals surface area contributed by atoms with Crippen molar-refractivity contribution in [2.75, 3.05) is 34.4 Å². The number of ether oxygens (including phenoxy) is 2. The highest BCUT2D eigenvalue weighted by Gasteiger charge is 2.39. The number of carbonyl (C=O) groups is 2. The molecular formula is C30H35N4O4S+. The van der Waals surface area contributed by atoms with Crippen LogP contribution in [0.15, 0.2) is 60.1 Å². The fourth-order valence-electron chi connectivity index (χ4n) is 4.71. The zero-order valence-corrected chi connectivity index (χ0v) is 23.7. The van der Waals surface area contributed by atoms with Gasteiger partial charge in [0.2, 0.25) is 17.8 Å². The third kappa shape index (κ3) is 6.43. The smallest absolute Gasteiger partial charge is 0.369 e. The second kappa shape index (κ2) is 12.4. The lowest BCUT2D eigenvalue weighted by Crippen LogP contribution is -2.49. The number of unbranched alkanes of at least 4 members (excludes halogenated alkanes) is 1. The van der Waals surface area contributed by atoms with E-state index in [1.165, 1.54) is 18.4 Å². The van der Waals surface area contributed by atoms with E-state index in [9.17, 15) is 9.59 Å². The number of pyridine rings is 1. The van der Waals surface area contributed by atoms with Crippen LogP contribution in [0.4, 0.5) is 0 Å². The third-order valence-corrected chi connectivity index (χ3v) is 7.68. The second-order valence-corrected chi connectivity index (χ2v) is 10.9. The number of benzene rings is 2. The molecule has 4 rings (SSSR count). The summed E-state index contributed by atoms with van der Waals surface area (Å²) in [4.78, 5) is 34.4. The molecule has 9 heteroatoms. The molecule has 4 aromatic rings. The number of fused-ring (bicyclic) bond motifs is 1. The van der Waals surface area contributed by atoms with Crippen LogP contribution in [0.25, 0.3) is 21.3 Å².